The molecule has 1 atom stereocenters. The lowest BCUT2D eigenvalue weighted by Crippen LogP contribution is -2.17. The van der Waals surface area contributed by atoms with Crippen molar-refractivity contribution in [3.05, 3.63) is 48.4 Å². The highest BCUT2D eigenvalue weighted by Crippen LogP contribution is 2.21. The monoisotopic (exact) mass is 321 g/mol. The number of aliphatic hydroxyl groups is 1. The zero-order valence-corrected chi connectivity index (χ0v) is 13.1. The SMILES string of the molecule is CC(=O)Nc1ccc(SC[C@H](O)COCc2ccco2)cc1. The molecule has 1 aromatic carbocycles. The zero-order valence-electron chi connectivity index (χ0n) is 12.3. The number of carbonyl (C=O) groups is 1. The van der Waals surface area contributed by atoms with Crippen molar-refractivity contribution in [1.82, 2.24) is 0 Å². The van der Waals surface area contributed by atoms with E-state index in [4.69, 9.17) is 9.15 Å². The average Bonchev–Trinajstić information content (AvgIpc) is 2.99. The Morgan fingerprint density at radius 3 is 2.77 bits per heavy atom. The van der Waals surface area contributed by atoms with Crippen molar-refractivity contribution < 1.29 is 19.1 Å². The van der Waals surface area contributed by atoms with E-state index < -0.39 is 6.10 Å². The molecule has 0 saturated heterocycles. The number of carbonyl (C=O) groups excluding carboxylic acids is 1. The first-order valence-electron chi connectivity index (χ1n) is 6.92. The van der Waals surface area contributed by atoms with E-state index in [9.17, 15) is 9.90 Å². The van der Waals surface area contributed by atoms with Gasteiger partial charge in [-0.25, -0.2) is 0 Å². The summed E-state index contributed by atoms with van der Waals surface area (Å²) in [6, 6.07) is 11.1. The molecule has 0 saturated carbocycles. The molecular formula is C16H19NO4S. The first-order valence-corrected chi connectivity index (χ1v) is 7.90. The van der Waals surface area contributed by atoms with Crippen LogP contribution < -0.4 is 5.32 Å². The molecule has 0 fully saturated rings. The van der Waals surface area contributed by atoms with Crippen LogP contribution in [0.5, 0.6) is 0 Å². The highest BCUT2D eigenvalue weighted by molar-refractivity contribution is 7.99. The molecule has 1 heterocycles. The van der Waals surface area contributed by atoms with Gasteiger partial charge in [0, 0.05) is 23.3 Å². The minimum Gasteiger partial charge on any atom is -0.467 e. The normalized spacial score (nSPS) is 12.1. The second kappa shape index (κ2) is 8.63. The van der Waals surface area contributed by atoms with Gasteiger partial charge >= 0.3 is 0 Å². The van der Waals surface area contributed by atoms with Crippen LogP contribution in [-0.2, 0) is 16.1 Å². The molecule has 2 rings (SSSR count). The number of amides is 1. The van der Waals surface area contributed by atoms with Crippen molar-refractivity contribution in [1.29, 1.82) is 0 Å². The number of hydrogen-bond acceptors (Lipinski definition) is 5. The summed E-state index contributed by atoms with van der Waals surface area (Å²) in [6.07, 6.45) is 1.05. The predicted molar refractivity (Wildman–Crippen MR) is 85.8 cm³/mol. The molecule has 0 radical (unpaired) electrons. The number of furan rings is 1. The van der Waals surface area contributed by atoms with Gasteiger partial charge in [-0.3, -0.25) is 4.79 Å². The highest BCUT2D eigenvalue weighted by Gasteiger charge is 2.06. The van der Waals surface area contributed by atoms with Crippen LogP contribution in [0.25, 0.3) is 0 Å². The maximum absolute atomic E-state index is 10.9. The second-order valence-electron chi connectivity index (χ2n) is 4.76. The molecule has 2 aromatic rings. The molecule has 22 heavy (non-hydrogen) atoms. The number of benzene rings is 1. The van der Waals surface area contributed by atoms with E-state index in [1.165, 1.54) is 18.7 Å². The van der Waals surface area contributed by atoms with E-state index in [1.54, 1.807) is 12.3 Å². The Bertz CT molecular complexity index is 568. The predicted octanol–water partition coefficient (Wildman–Crippen LogP) is 2.91. The van der Waals surface area contributed by atoms with Crippen molar-refractivity contribution in [3.8, 4) is 0 Å². The summed E-state index contributed by atoms with van der Waals surface area (Å²) in [6.45, 7) is 2.10. The molecule has 118 valence electrons. The Kier molecular flexibility index (Phi) is 6.51. The van der Waals surface area contributed by atoms with E-state index in [0.717, 1.165) is 16.3 Å². The molecular weight excluding hydrogens is 302 g/mol. The number of ether oxygens (including phenoxy) is 1. The lowest BCUT2D eigenvalue weighted by Gasteiger charge is -2.10. The molecule has 0 aliphatic carbocycles. The van der Waals surface area contributed by atoms with Gasteiger partial charge in [-0.2, -0.15) is 0 Å². The lowest BCUT2D eigenvalue weighted by atomic mass is 10.3. The summed E-state index contributed by atoms with van der Waals surface area (Å²) >= 11 is 1.54. The van der Waals surface area contributed by atoms with Crippen molar-refractivity contribution in [2.45, 2.75) is 24.5 Å². The summed E-state index contributed by atoms with van der Waals surface area (Å²) < 4.78 is 10.5. The van der Waals surface area contributed by atoms with Gasteiger partial charge in [-0.05, 0) is 36.4 Å². The van der Waals surface area contributed by atoms with Crippen LogP contribution in [0, 0.1) is 0 Å². The number of rotatable bonds is 8. The first-order chi connectivity index (χ1) is 10.6. The van der Waals surface area contributed by atoms with Crippen LogP contribution in [0.2, 0.25) is 0 Å². The Balaban J connectivity index is 1.67. The van der Waals surface area contributed by atoms with Crippen molar-refractivity contribution in [2.75, 3.05) is 17.7 Å². The smallest absolute Gasteiger partial charge is 0.221 e. The number of nitrogens with one attached hydrogen (secondary N) is 1. The van der Waals surface area contributed by atoms with Crippen LogP contribution >= 0.6 is 11.8 Å². The molecule has 1 aromatic heterocycles. The second-order valence-corrected chi connectivity index (χ2v) is 5.86. The molecule has 1 amide bonds. The van der Waals surface area contributed by atoms with Crippen LogP contribution in [0.3, 0.4) is 0 Å². The fourth-order valence-electron chi connectivity index (χ4n) is 1.77. The Labute approximate surface area is 133 Å². The molecule has 0 aliphatic heterocycles. The third kappa shape index (κ3) is 5.93. The number of thioether (sulfide) groups is 1. The van der Waals surface area contributed by atoms with Crippen LogP contribution in [0.1, 0.15) is 12.7 Å². The lowest BCUT2D eigenvalue weighted by molar-refractivity contribution is -0.114. The van der Waals surface area contributed by atoms with Gasteiger partial charge in [0.05, 0.1) is 19.0 Å². The summed E-state index contributed by atoms with van der Waals surface area (Å²) in [5.41, 5.74) is 0.763. The van der Waals surface area contributed by atoms with Crippen molar-refractivity contribution >= 4 is 23.4 Å². The summed E-state index contributed by atoms with van der Waals surface area (Å²) in [7, 11) is 0. The molecule has 2 N–H and O–H groups in total. The van der Waals surface area contributed by atoms with E-state index in [1.807, 2.05) is 30.3 Å². The minimum absolute atomic E-state index is 0.0930. The van der Waals surface area contributed by atoms with E-state index in [0.29, 0.717) is 12.4 Å². The molecule has 5 nitrogen and oxygen atoms in total. The fraction of sp³-hybridized carbons (Fsp3) is 0.312. The molecule has 0 bridgehead atoms. The molecule has 0 unspecified atom stereocenters. The third-order valence-corrected chi connectivity index (χ3v) is 3.91. The standard InChI is InChI=1S/C16H19NO4S/c1-12(18)17-13-4-6-16(7-5-13)22-11-14(19)9-20-10-15-3-2-8-21-15/h2-8,14,19H,9-11H2,1H3,(H,17,18)/t14-/m1/s1. The fourth-order valence-corrected chi connectivity index (χ4v) is 2.58. The third-order valence-electron chi connectivity index (χ3n) is 2.75. The summed E-state index contributed by atoms with van der Waals surface area (Å²) in [5, 5.41) is 12.6. The summed E-state index contributed by atoms with van der Waals surface area (Å²) in [4.78, 5) is 12.0. The number of aliphatic hydroxyl groups excluding tert-OH is 1. The quantitative estimate of drug-likeness (QED) is 0.732. The van der Waals surface area contributed by atoms with Gasteiger partial charge in [0.15, 0.2) is 0 Å². The Morgan fingerprint density at radius 1 is 1.36 bits per heavy atom. The van der Waals surface area contributed by atoms with Crippen molar-refractivity contribution in [2.24, 2.45) is 0 Å². The highest BCUT2D eigenvalue weighted by atomic mass is 32.2. The maximum atomic E-state index is 10.9. The van der Waals surface area contributed by atoms with E-state index in [2.05, 4.69) is 5.32 Å². The number of hydrogen-bond donors (Lipinski definition) is 2. The molecule has 6 heteroatoms. The Morgan fingerprint density at radius 2 is 2.14 bits per heavy atom. The van der Waals surface area contributed by atoms with Crippen LogP contribution in [-0.4, -0.2) is 29.5 Å². The summed E-state index contributed by atoms with van der Waals surface area (Å²) in [5.74, 6) is 1.19. The van der Waals surface area contributed by atoms with Crippen LogP contribution in [0.4, 0.5) is 5.69 Å². The zero-order chi connectivity index (χ0) is 15.8. The van der Waals surface area contributed by atoms with Gasteiger partial charge in [0.1, 0.15) is 12.4 Å². The van der Waals surface area contributed by atoms with E-state index >= 15 is 0 Å². The number of anilines is 1. The maximum Gasteiger partial charge on any atom is 0.221 e. The van der Waals surface area contributed by atoms with Gasteiger partial charge < -0.3 is 19.6 Å². The van der Waals surface area contributed by atoms with Gasteiger partial charge in [-0.15, -0.1) is 11.8 Å². The average molecular weight is 321 g/mol. The molecule has 0 spiro atoms. The topological polar surface area (TPSA) is 71.7 Å². The molecule has 0 aliphatic rings. The van der Waals surface area contributed by atoms with Crippen molar-refractivity contribution in [3.63, 3.8) is 0 Å². The van der Waals surface area contributed by atoms with E-state index in [-0.39, 0.29) is 12.5 Å². The van der Waals surface area contributed by atoms with Crippen LogP contribution in [0.15, 0.2) is 52.0 Å². The Hall–Kier alpha value is -1.76. The van der Waals surface area contributed by atoms with Gasteiger partial charge in [0.25, 0.3) is 0 Å². The van der Waals surface area contributed by atoms with Gasteiger partial charge in [-0.1, -0.05) is 0 Å². The first kappa shape index (κ1) is 16.6. The minimum atomic E-state index is -0.546. The van der Waals surface area contributed by atoms with Gasteiger partial charge in [0.2, 0.25) is 5.91 Å². The largest absolute Gasteiger partial charge is 0.467 e.